The highest BCUT2D eigenvalue weighted by atomic mass is 16.5. The maximum atomic E-state index is 12.9. The first-order chi connectivity index (χ1) is 11.1. The van der Waals surface area contributed by atoms with Crippen molar-refractivity contribution in [2.24, 2.45) is 0 Å². The Morgan fingerprint density at radius 3 is 2.78 bits per heavy atom. The highest BCUT2D eigenvalue weighted by Crippen LogP contribution is 2.28. The number of carbonyl (C=O) groups excluding carboxylic acids is 1. The summed E-state index contributed by atoms with van der Waals surface area (Å²) in [6.07, 6.45) is 1.53. The minimum Gasteiger partial charge on any atom is -0.481 e. The van der Waals surface area contributed by atoms with E-state index in [2.05, 4.69) is 12.1 Å². The molecule has 3 heteroatoms. The lowest BCUT2D eigenvalue weighted by Gasteiger charge is -2.31. The van der Waals surface area contributed by atoms with Gasteiger partial charge in [-0.15, -0.1) is 0 Å². The number of rotatable bonds is 3. The normalized spacial score (nSPS) is 15.0. The van der Waals surface area contributed by atoms with Crippen LogP contribution in [0.5, 0.6) is 5.75 Å². The van der Waals surface area contributed by atoms with E-state index in [1.54, 1.807) is 0 Å². The van der Waals surface area contributed by atoms with E-state index >= 15 is 0 Å². The third kappa shape index (κ3) is 3.24. The lowest BCUT2D eigenvalue weighted by molar-refractivity contribution is -0.124. The van der Waals surface area contributed by atoms with Crippen molar-refractivity contribution in [2.45, 2.75) is 39.7 Å². The second-order valence-electron chi connectivity index (χ2n) is 6.25. The van der Waals surface area contributed by atoms with Gasteiger partial charge in [0.15, 0.2) is 6.10 Å². The molecule has 0 bridgehead atoms. The molecule has 120 valence electrons. The van der Waals surface area contributed by atoms with Crippen LogP contribution in [0.3, 0.4) is 0 Å². The van der Waals surface area contributed by atoms with Gasteiger partial charge < -0.3 is 9.64 Å². The summed E-state index contributed by atoms with van der Waals surface area (Å²) >= 11 is 0. The van der Waals surface area contributed by atoms with Crippen molar-refractivity contribution in [1.82, 2.24) is 0 Å². The Hall–Kier alpha value is -2.29. The van der Waals surface area contributed by atoms with Crippen molar-refractivity contribution in [2.75, 3.05) is 11.4 Å². The zero-order chi connectivity index (χ0) is 16.4. The summed E-state index contributed by atoms with van der Waals surface area (Å²) in [5.41, 5.74) is 4.45. The van der Waals surface area contributed by atoms with Gasteiger partial charge in [0.1, 0.15) is 5.75 Å². The van der Waals surface area contributed by atoms with Crippen LogP contribution in [0, 0.1) is 13.8 Å². The molecule has 1 heterocycles. The monoisotopic (exact) mass is 309 g/mol. The molecule has 0 radical (unpaired) electrons. The molecule has 0 saturated heterocycles. The van der Waals surface area contributed by atoms with Crippen LogP contribution < -0.4 is 9.64 Å². The average molecular weight is 309 g/mol. The number of hydrogen-bond donors (Lipinski definition) is 0. The lowest BCUT2D eigenvalue weighted by Crippen LogP contribution is -2.43. The molecular formula is C20H23NO2. The summed E-state index contributed by atoms with van der Waals surface area (Å²) in [6, 6.07) is 14.2. The number of anilines is 1. The largest absolute Gasteiger partial charge is 0.481 e. The van der Waals surface area contributed by atoms with E-state index in [4.69, 9.17) is 4.74 Å². The SMILES string of the molecule is Cc1ccc(C)c(OC(C)C(=O)N2CCCc3ccccc32)c1. The number of nitrogens with zero attached hydrogens (tertiary/aromatic N) is 1. The van der Waals surface area contributed by atoms with Crippen LogP contribution in [-0.4, -0.2) is 18.6 Å². The van der Waals surface area contributed by atoms with Crippen LogP contribution in [0.15, 0.2) is 42.5 Å². The van der Waals surface area contributed by atoms with Crippen molar-refractivity contribution < 1.29 is 9.53 Å². The summed E-state index contributed by atoms with van der Waals surface area (Å²) in [5.74, 6) is 0.814. The van der Waals surface area contributed by atoms with Gasteiger partial charge in [-0.25, -0.2) is 0 Å². The van der Waals surface area contributed by atoms with Crippen molar-refractivity contribution >= 4 is 11.6 Å². The van der Waals surface area contributed by atoms with Crippen LogP contribution >= 0.6 is 0 Å². The first kappa shape index (κ1) is 15.6. The molecule has 0 fully saturated rings. The number of carbonyl (C=O) groups is 1. The molecule has 1 atom stereocenters. The van der Waals surface area contributed by atoms with E-state index < -0.39 is 6.10 Å². The lowest BCUT2D eigenvalue weighted by atomic mass is 10.0. The molecule has 0 spiro atoms. The Labute approximate surface area is 137 Å². The smallest absolute Gasteiger partial charge is 0.267 e. The molecule has 2 aromatic carbocycles. The predicted molar refractivity (Wildman–Crippen MR) is 93.1 cm³/mol. The van der Waals surface area contributed by atoms with E-state index in [0.717, 1.165) is 42.0 Å². The number of fused-ring (bicyclic) bond motifs is 1. The van der Waals surface area contributed by atoms with E-state index in [-0.39, 0.29) is 5.91 Å². The fourth-order valence-electron chi connectivity index (χ4n) is 3.06. The van der Waals surface area contributed by atoms with Gasteiger partial charge in [0.05, 0.1) is 0 Å². The number of ether oxygens (including phenoxy) is 1. The Bertz CT molecular complexity index is 723. The van der Waals surface area contributed by atoms with Crippen LogP contribution in [0.4, 0.5) is 5.69 Å². The molecule has 1 amide bonds. The molecule has 3 nitrogen and oxygen atoms in total. The maximum Gasteiger partial charge on any atom is 0.267 e. The van der Waals surface area contributed by atoms with Crippen molar-refractivity contribution in [3.05, 3.63) is 59.2 Å². The zero-order valence-electron chi connectivity index (χ0n) is 14.0. The Morgan fingerprint density at radius 2 is 1.96 bits per heavy atom. The highest BCUT2D eigenvalue weighted by Gasteiger charge is 2.27. The molecule has 0 saturated carbocycles. The van der Waals surface area contributed by atoms with Crippen molar-refractivity contribution in [3.63, 3.8) is 0 Å². The predicted octanol–water partition coefficient (Wildman–Crippen LogP) is 4.05. The standard InChI is InChI=1S/C20H23NO2/c1-14-10-11-15(2)19(13-14)23-16(3)20(22)21-12-6-8-17-7-4-5-9-18(17)21/h4-5,7,9-11,13,16H,6,8,12H2,1-3H3. The molecule has 2 aromatic rings. The summed E-state index contributed by atoms with van der Waals surface area (Å²) in [6.45, 7) is 6.62. The van der Waals surface area contributed by atoms with Gasteiger partial charge in [-0.2, -0.15) is 0 Å². The third-order valence-corrected chi connectivity index (χ3v) is 4.37. The van der Waals surface area contributed by atoms with E-state index in [1.807, 2.05) is 56.0 Å². The summed E-state index contributed by atoms with van der Waals surface area (Å²) in [7, 11) is 0. The molecule has 0 N–H and O–H groups in total. The Morgan fingerprint density at radius 1 is 1.17 bits per heavy atom. The summed E-state index contributed by atoms with van der Waals surface area (Å²) in [4.78, 5) is 14.7. The van der Waals surface area contributed by atoms with Crippen molar-refractivity contribution in [3.8, 4) is 5.75 Å². The summed E-state index contributed by atoms with van der Waals surface area (Å²) < 4.78 is 5.96. The fourth-order valence-corrected chi connectivity index (χ4v) is 3.06. The van der Waals surface area contributed by atoms with Crippen LogP contribution in [0.2, 0.25) is 0 Å². The molecule has 0 aromatic heterocycles. The molecule has 23 heavy (non-hydrogen) atoms. The second-order valence-corrected chi connectivity index (χ2v) is 6.25. The first-order valence-electron chi connectivity index (χ1n) is 8.19. The number of para-hydroxylation sites is 1. The molecule has 3 rings (SSSR count). The second kappa shape index (κ2) is 6.45. The number of amides is 1. The van der Waals surface area contributed by atoms with Gasteiger partial charge >= 0.3 is 0 Å². The molecular weight excluding hydrogens is 286 g/mol. The fraction of sp³-hybridized carbons (Fsp3) is 0.350. The van der Waals surface area contributed by atoms with Gasteiger partial charge in [-0.05, 0) is 62.4 Å². The van der Waals surface area contributed by atoms with Crippen LogP contribution in [-0.2, 0) is 11.2 Å². The third-order valence-electron chi connectivity index (χ3n) is 4.37. The molecule has 1 aliphatic heterocycles. The summed E-state index contributed by atoms with van der Waals surface area (Å²) in [5, 5.41) is 0. The van der Waals surface area contributed by atoms with Gasteiger partial charge in [0, 0.05) is 12.2 Å². The average Bonchev–Trinajstić information content (AvgIpc) is 2.57. The van der Waals surface area contributed by atoms with Crippen LogP contribution in [0.25, 0.3) is 0 Å². The number of benzene rings is 2. The topological polar surface area (TPSA) is 29.5 Å². The van der Waals surface area contributed by atoms with Crippen molar-refractivity contribution in [1.29, 1.82) is 0 Å². The highest BCUT2D eigenvalue weighted by molar-refractivity contribution is 5.97. The van der Waals surface area contributed by atoms with Gasteiger partial charge in [-0.3, -0.25) is 4.79 Å². The zero-order valence-corrected chi connectivity index (χ0v) is 14.0. The molecule has 1 aliphatic rings. The quantitative estimate of drug-likeness (QED) is 0.856. The van der Waals surface area contributed by atoms with E-state index in [0.29, 0.717) is 0 Å². The Kier molecular flexibility index (Phi) is 4.37. The first-order valence-corrected chi connectivity index (χ1v) is 8.19. The van der Waals surface area contributed by atoms with E-state index in [9.17, 15) is 4.79 Å². The van der Waals surface area contributed by atoms with Gasteiger partial charge in [0.25, 0.3) is 5.91 Å². The van der Waals surface area contributed by atoms with Gasteiger partial charge in [-0.1, -0.05) is 30.3 Å². The maximum absolute atomic E-state index is 12.9. The van der Waals surface area contributed by atoms with Crippen LogP contribution in [0.1, 0.15) is 30.0 Å². The number of hydrogen-bond acceptors (Lipinski definition) is 2. The van der Waals surface area contributed by atoms with Gasteiger partial charge in [0.2, 0.25) is 0 Å². The number of aryl methyl sites for hydroxylation is 3. The Balaban J connectivity index is 1.79. The minimum absolute atomic E-state index is 0.0260. The molecule has 0 aliphatic carbocycles. The molecule has 1 unspecified atom stereocenters. The van der Waals surface area contributed by atoms with E-state index in [1.165, 1.54) is 5.56 Å². The minimum atomic E-state index is -0.498.